The number of hydrogen-bond acceptors (Lipinski definition) is 8. The summed E-state index contributed by atoms with van der Waals surface area (Å²) in [5, 5.41) is 0.729. The number of thiazole rings is 1. The highest BCUT2D eigenvalue weighted by molar-refractivity contribution is 7.15. The van der Waals surface area contributed by atoms with Gasteiger partial charge in [0.2, 0.25) is 0 Å². The third-order valence-corrected chi connectivity index (χ3v) is 8.02. The van der Waals surface area contributed by atoms with Gasteiger partial charge in [-0.15, -0.1) is 11.3 Å². The number of piperazine rings is 1. The largest absolute Gasteiger partial charge is 0.375 e. The van der Waals surface area contributed by atoms with E-state index in [1.54, 1.807) is 11.3 Å². The Bertz CT molecular complexity index is 1040. The lowest BCUT2D eigenvalue weighted by Gasteiger charge is -2.39. The summed E-state index contributed by atoms with van der Waals surface area (Å²) < 4.78 is 0. The van der Waals surface area contributed by atoms with E-state index in [1.165, 1.54) is 35.6 Å². The van der Waals surface area contributed by atoms with Gasteiger partial charge in [-0.2, -0.15) is 0 Å². The van der Waals surface area contributed by atoms with E-state index in [2.05, 4.69) is 48.7 Å². The van der Waals surface area contributed by atoms with Crippen LogP contribution in [0.1, 0.15) is 30.3 Å². The van der Waals surface area contributed by atoms with Gasteiger partial charge in [-0.3, -0.25) is 19.8 Å². The van der Waals surface area contributed by atoms with E-state index in [9.17, 15) is 0 Å². The Kier molecular flexibility index (Phi) is 7.37. The molecule has 3 aromatic rings. The summed E-state index contributed by atoms with van der Waals surface area (Å²) in [6.07, 6.45) is 8.38. The van der Waals surface area contributed by atoms with Crippen LogP contribution in [0.5, 0.6) is 0 Å². The van der Waals surface area contributed by atoms with E-state index >= 15 is 0 Å². The fraction of sp³-hybridized carbons (Fsp3) is 0.500. The van der Waals surface area contributed by atoms with Crippen LogP contribution in [0.3, 0.4) is 0 Å². The van der Waals surface area contributed by atoms with Crippen molar-refractivity contribution in [3.05, 3.63) is 53.3 Å². The summed E-state index contributed by atoms with van der Waals surface area (Å²) in [5.74, 6) is 0. The zero-order valence-corrected chi connectivity index (χ0v) is 20.9. The first-order valence-electron chi connectivity index (χ1n) is 12.5. The molecule has 4 heterocycles. The molecule has 0 spiro atoms. The Hall–Kier alpha value is -2.55. The summed E-state index contributed by atoms with van der Waals surface area (Å²) in [6, 6.07) is 10.8. The van der Waals surface area contributed by atoms with Gasteiger partial charge in [-0.25, -0.2) is 4.98 Å². The van der Waals surface area contributed by atoms with Gasteiger partial charge in [-0.05, 0) is 56.5 Å². The molecule has 1 aliphatic heterocycles. The van der Waals surface area contributed by atoms with Gasteiger partial charge in [0.05, 0.1) is 29.0 Å². The number of aryl methyl sites for hydroxylation is 1. The van der Waals surface area contributed by atoms with Crippen LogP contribution >= 0.6 is 11.3 Å². The minimum atomic E-state index is 0.622. The second kappa shape index (κ2) is 10.8. The molecule has 1 atom stereocenters. The van der Waals surface area contributed by atoms with Crippen molar-refractivity contribution in [1.29, 1.82) is 0 Å². The smallest absolute Gasteiger partial charge is 0.180 e. The highest BCUT2D eigenvalue weighted by Crippen LogP contribution is 2.30. The molecule has 0 saturated carbocycles. The molecule has 1 unspecified atom stereocenters. The Morgan fingerprint density at radius 2 is 1.91 bits per heavy atom. The predicted octanol–water partition coefficient (Wildman–Crippen LogP) is 3.57. The van der Waals surface area contributed by atoms with E-state index in [4.69, 9.17) is 5.73 Å². The average molecular weight is 478 g/mol. The van der Waals surface area contributed by atoms with Crippen LogP contribution in [-0.4, -0.2) is 76.6 Å². The Labute approximate surface area is 206 Å². The Morgan fingerprint density at radius 3 is 2.65 bits per heavy atom. The molecule has 34 heavy (non-hydrogen) atoms. The van der Waals surface area contributed by atoms with Crippen molar-refractivity contribution < 1.29 is 0 Å². The fourth-order valence-corrected chi connectivity index (χ4v) is 6.14. The van der Waals surface area contributed by atoms with Crippen molar-refractivity contribution in [3.63, 3.8) is 0 Å². The molecular weight excluding hydrogens is 442 g/mol. The van der Waals surface area contributed by atoms with Crippen LogP contribution in [-0.2, 0) is 12.8 Å². The fourth-order valence-electron chi connectivity index (χ4n) is 5.19. The predicted molar refractivity (Wildman–Crippen MR) is 140 cm³/mol. The molecule has 1 saturated heterocycles. The number of nitrogens with zero attached hydrogens (tertiary/aromatic N) is 6. The Morgan fingerprint density at radius 1 is 1.06 bits per heavy atom. The van der Waals surface area contributed by atoms with Crippen molar-refractivity contribution >= 4 is 22.2 Å². The normalized spacial score (nSPS) is 18.9. The minimum Gasteiger partial charge on any atom is -0.375 e. The molecule has 0 radical (unpaired) electrons. The molecule has 2 aliphatic rings. The summed E-state index contributed by atoms with van der Waals surface area (Å²) in [6.45, 7) is 10.0. The highest BCUT2D eigenvalue weighted by atomic mass is 32.1. The SMILES string of the molecule is CCCN(CCN1CCN(c2ccc(-c3ccccn3)nc2)CC1)C1CCc2nc(N)sc2C1. The number of pyridine rings is 2. The molecule has 5 rings (SSSR count). The van der Waals surface area contributed by atoms with Crippen molar-refractivity contribution in [2.24, 2.45) is 0 Å². The number of nitrogens with two attached hydrogens (primary N) is 1. The number of aromatic nitrogens is 3. The zero-order chi connectivity index (χ0) is 23.3. The van der Waals surface area contributed by atoms with Crippen molar-refractivity contribution in [2.45, 2.75) is 38.6 Å². The third-order valence-electron chi connectivity index (χ3n) is 7.07. The molecule has 7 nitrogen and oxygen atoms in total. The van der Waals surface area contributed by atoms with Crippen molar-refractivity contribution in [1.82, 2.24) is 24.8 Å². The molecule has 1 fully saturated rings. The van der Waals surface area contributed by atoms with E-state index in [1.807, 2.05) is 30.6 Å². The van der Waals surface area contributed by atoms with Gasteiger partial charge in [0, 0.05) is 56.4 Å². The molecule has 0 aromatic carbocycles. The van der Waals surface area contributed by atoms with Crippen LogP contribution in [0.25, 0.3) is 11.4 Å². The van der Waals surface area contributed by atoms with Crippen LogP contribution in [0.4, 0.5) is 10.8 Å². The molecule has 3 aromatic heterocycles. The molecule has 0 amide bonds. The number of anilines is 2. The second-order valence-electron chi connectivity index (χ2n) is 9.30. The van der Waals surface area contributed by atoms with E-state index in [-0.39, 0.29) is 0 Å². The van der Waals surface area contributed by atoms with Gasteiger partial charge in [0.25, 0.3) is 0 Å². The van der Waals surface area contributed by atoms with Gasteiger partial charge < -0.3 is 10.6 Å². The van der Waals surface area contributed by atoms with Gasteiger partial charge in [-0.1, -0.05) is 13.0 Å². The van der Waals surface area contributed by atoms with Crippen LogP contribution in [0.2, 0.25) is 0 Å². The summed E-state index contributed by atoms with van der Waals surface area (Å²) in [7, 11) is 0. The van der Waals surface area contributed by atoms with Gasteiger partial charge >= 0.3 is 0 Å². The molecule has 1 aliphatic carbocycles. The maximum Gasteiger partial charge on any atom is 0.180 e. The molecule has 0 bridgehead atoms. The van der Waals surface area contributed by atoms with E-state index in [0.717, 1.165) is 68.6 Å². The Balaban J connectivity index is 1.11. The first-order chi connectivity index (χ1) is 16.7. The quantitative estimate of drug-likeness (QED) is 0.532. The number of hydrogen-bond donors (Lipinski definition) is 1. The van der Waals surface area contributed by atoms with Crippen LogP contribution < -0.4 is 10.6 Å². The average Bonchev–Trinajstić information content (AvgIpc) is 3.27. The summed E-state index contributed by atoms with van der Waals surface area (Å²) in [4.78, 5) is 22.8. The topological polar surface area (TPSA) is 74.4 Å². The van der Waals surface area contributed by atoms with Crippen LogP contribution in [0, 0.1) is 0 Å². The molecular formula is C26H35N7S. The molecule has 8 heteroatoms. The number of rotatable bonds is 8. The highest BCUT2D eigenvalue weighted by Gasteiger charge is 2.27. The first kappa shape index (κ1) is 23.2. The van der Waals surface area contributed by atoms with Crippen molar-refractivity contribution in [2.75, 3.05) is 56.4 Å². The van der Waals surface area contributed by atoms with E-state index in [0.29, 0.717) is 6.04 Å². The molecule has 180 valence electrons. The second-order valence-corrected chi connectivity index (χ2v) is 10.4. The van der Waals surface area contributed by atoms with Gasteiger partial charge in [0.15, 0.2) is 5.13 Å². The maximum absolute atomic E-state index is 5.96. The standard InChI is InChI=1S/C26H35N7S/c1-2-11-32(20-6-9-24-25(18-20)34-26(27)30-24)15-12-31-13-16-33(17-14-31)21-7-8-23(29-19-21)22-5-3-4-10-28-22/h3-5,7-8,10,19-20H,2,6,9,11-18H2,1H3,(H2,27,30). The maximum atomic E-state index is 5.96. The van der Waals surface area contributed by atoms with E-state index < -0.39 is 0 Å². The summed E-state index contributed by atoms with van der Waals surface area (Å²) >= 11 is 1.69. The van der Waals surface area contributed by atoms with Crippen molar-refractivity contribution in [3.8, 4) is 11.4 Å². The number of fused-ring (bicyclic) bond motifs is 1. The lowest BCUT2D eigenvalue weighted by atomic mass is 9.96. The summed E-state index contributed by atoms with van der Waals surface area (Å²) in [5.41, 5.74) is 10.3. The zero-order valence-electron chi connectivity index (χ0n) is 20.1. The number of nitrogen functional groups attached to an aromatic ring is 1. The first-order valence-corrected chi connectivity index (χ1v) is 13.3. The van der Waals surface area contributed by atoms with Crippen LogP contribution in [0.15, 0.2) is 42.7 Å². The van der Waals surface area contributed by atoms with Gasteiger partial charge in [0.1, 0.15) is 0 Å². The lowest BCUT2D eigenvalue weighted by molar-refractivity contribution is 0.146. The lowest BCUT2D eigenvalue weighted by Crippen LogP contribution is -2.50. The monoisotopic (exact) mass is 477 g/mol. The minimum absolute atomic E-state index is 0.622. The third kappa shape index (κ3) is 5.40. The molecule has 2 N–H and O–H groups in total.